The molecule has 0 aliphatic carbocycles. The van der Waals surface area contributed by atoms with Crippen molar-refractivity contribution < 1.29 is 22.4 Å². The zero-order valence-electron chi connectivity index (χ0n) is 18.1. The third kappa shape index (κ3) is 4.79. The molecule has 1 N–H and O–H groups in total. The summed E-state index contributed by atoms with van der Waals surface area (Å²) >= 11 is 6.13. The third-order valence-electron chi connectivity index (χ3n) is 5.41. The van der Waals surface area contributed by atoms with E-state index < -0.39 is 27.7 Å². The first-order chi connectivity index (χ1) is 15.1. The maximum atomic E-state index is 14.3. The van der Waals surface area contributed by atoms with Crippen LogP contribution in [0.15, 0.2) is 41.3 Å². The van der Waals surface area contributed by atoms with Crippen molar-refractivity contribution in [3.63, 3.8) is 0 Å². The van der Waals surface area contributed by atoms with E-state index in [4.69, 9.17) is 11.6 Å². The highest BCUT2D eigenvalue weighted by Crippen LogP contribution is 2.31. The first-order valence-corrected chi connectivity index (χ1v) is 12.1. The Kier molecular flexibility index (Phi) is 7.22. The molecular formula is C22H25ClFN3O4S. The fourth-order valence-electron chi connectivity index (χ4n) is 3.67. The van der Waals surface area contributed by atoms with E-state index in [0.29, 0.717) is 0 Å². The maximum Gasteiger partial charge on any atom is 0.244 e. The number of aryl methyl sites for hydroxylation is 1. The second-order valence-corrected chi connectivity index (χ2v) is 9.90. The average Bonchev–Trinajstić information content (AvgIpc) is 3.11. The zero-order valence-corrected chi connectivity index (χ0v) is 19.6. The van der Waals surface area contributed by atoms with Crippen molar-refractivity contribution in [3.8, 4) is 0 Å². The Balaban J connectivity index is 1.79. The largest absolute Gasteiger partial charge is 0.326 e. The molecule has 1 atom stereocenters. The molecule has 1 fully saturated rings. The third-order valence-corrected chi connectivity index (χ3v) is 7.94. The van der Waals surface area contributed by atoms with Crippen molar-refractivity contribution in [2.24, 2.45) is 5.92 Å². The molecule has 1 aliphatic rings. The van der Waals surface area contributed by atoms with Crippen molar-refractivity contribution in [1.29, 1.82) is 0 Å². The molecule has 1 aliphatic heterocycles. The van der Waals surface area contributed by atoms with Gasteiger partial charge >= 0.3 is 0 Å². The van der Waals surface area contributed by atoms with Crippen LogP contribution >= 0.6 is 11.6 Å². The fraction of sp³-hybridized carbons (Fsp3) is 0.364. The van der Waals surface area contributed by atoms with Gasteiger partial charge in [-0.1, -0.05) is 31.5 Å². The smallest absolute Gasteiger partial charge is 0.244 e. The van der Waals surface area contributed by atoms with Crippen LogP contribution in [0.3, 0.4) is 0 Å². The number of nitrogens with zero attached hydrogens (tertiary/aromatic N) is 2. The van der Waals surface area contributed by atoms with Gasteiger partial charge in [-0.3, -0.25) is 9.59 Å². The number of rotatable bonds is 7. The summed E-state index contributed by atoms with van der Waals surface area (Å²) in [6, 6.07) is 8.76. The summed E-state index contributed by atoms with van der Waals surface area (Å²) in [6.45, 7) is 5.78. The van der Waals surface area contributed by atoms with Crippen molar-refractivity contribution >= 4 is 44.8 Å². The van der Waals surface area contributed by atoms with Crippen LogP contribution in [0.2, 0.25) is 5.02 Å². The molecule has 2 aromatic rings. The van der Waals surface area contributed by atoms with E-state index in [-0.39, 0.29) is 53.3 Å². The van der Waals surface area contributed by atoms with Crippen molar-refractivity contribution in [2.75, 3.05) is 29.9 Å². The molecule has 7 nitrogen and oxygen atoms in total. The van der Waals surface area contributed by atoms with Gasteiger partial charge in [0.25, 0.3) is 0 Å². The SMILES string of the molecule is CCN(CC)S(=O)(=O)c1cc(NC(=O)C2CC(=O)N(c3ccc(C)cc3F)C2)ccc1Cl. The first kappa shape index (κ1) is 24.2. The highest BCUT2D eigenvalue weighted by atomic mass is 35.5. The van der Waals surface area contributed by atoms with Crippen molar-refractivity contribution in [2.45, 2.75) is 32.1 Å². The van der Waals surface area contributed by atoms with Crippen LogP contribution < -0.4 is 10.2 Å². The molecule has 172 valence electrons. The van der Waals surface area contributed by atoms with E-state index in [1.807, 2.05) is 0 Å². The lowest BCUT2D eigenvalue weighted by Crippen LogP contribution is -2.31. The lowest BCUT2D eigenvalue weighted by molar-refractivity contribution is -0.122. The quantitative estimate of drug-likeness (QED) is 0.651. The van der Waals surface area contributed by atoms with Gasteiger partial charge in [-0.15, -0.1) is 0 Å². The van der Waals surface area contributed by atoms with Gasteiger partial charge in [0.2, 0.25) is 21.8 Å². The molecular weight excluding hydrogens is 457 g/mol. The number of sulfonamides is 1. The first-order valence-electron chi connectivity index (χ1n) is 10.3. The zero-order chi connectivity index (χ0) is 23.6. The molecule has 1 heterocycles. The molecule has 32 heavy (non-hydrogen) atoms. The summed E-state index contributed by atoms with van der Waals surface area (Å²) in [5.41, 5.74) is 1.11. The summed E-state index contributed by atoms with van der Waals surface area (Å²) in [6.07, 6.45) is -0.0721. The Morgan fingerprint density at radius 2 is 1.91 bits per heavy atom. The predicted molar refractivity (Wildman–Crippen MR) is 122 cm³/mol. The van der Waals surface area contributed by atoms with E-state index in [2.05, 4.69) is 5.32 Å². The van der Waals surface area contributed by atoms with Crippen LogP contribution in [-0.4, -0.2) is 44.2 Å². The Morgan fingerprint density at radius 3 is 2.53 bits per heavy atom. The second-order valence-electron chi connectivity index (χ2n) is 7.58. The van der Waals surface area contributed by atoms with Gasteiger partial charge in [0.05, 0.1) is 16.6 Å². The summed E-state index contributed by atoms with van der Waals surface area (Å²) in [5, 5.41) is 2.71. The van der Waals surface area contributed by atoms with E-state index in [1.165, 1.54) is 39.5 Å². The molecule has 0 aromatic heterocycles. The van der Waals surface area contributed by atoms with Gasteiger partial charge in [0.15, 0.2) is 0 Å². The molecule has 1 unspecified atom stereocenters. The van der Waals surface area contributed by atoms with E-state index >= 15 is 0 Å². The van der Waals surface area contributed by atoms with Crippen LogP contribution in [-0.2, 0) is 19.6 Å². The van der Waals surface area contributed by atoms with Crippen LogP contribution in [0.1, 0.15) is 25.8 Å². The van der Waals surface area contributed by atoms with Crippen molar-refractivity contribution in [3.05, 3.63) is 52.8 Å². The van der Waals surface area contributed by atoms with Gasteiger partial charge in [0.1, 0.15) is 10.7 Å². The monoisotopic (exact) mass is 481 g/mol. The molecule has 2 amide bonds. The fourth-order valence-corrected chi connectivity index (χ4v) is 5.63. The molecule has 1 saturated heterocycles. The number of amides is 2. The molecule has 0 bridgehead atoms. The van der Waals surface area contributed by atoms with E-state index in [9.17, 15) is 22.4 Å². The maximum absolute atomic E-state index is 14.3. The molecule has 0 saturated carbocycles. The van der Waals surface area contributed by atoms with Crippen LogP contribution in [0.25, 0.3) is 0 Å². The summed E-state index contributed by atoms with van der Waals surface area (Å²) in [7, 11) is -3.83. The lowest BCUT2D eigenvalue weighted by atomic mass is 10.1. The minimum Gasteiger partial charge on any atom is -0.326 e. The minimum atomic E-state index is -3.83. The number of nitrogens with one attached hydrogen (secondary N) is 1. The van der Waals surface area contributed by atoms with Crippen LogP contribution in [0.4, 0.5) is 15.8 Å². The molecule has 2 aromatic carbocycles. The number of anilines is 2. The predicted octanol–water partition coefficient (Wildman–Crippen LogP) is 3.81. The number of benzene rings is 2. The van der Waals surface area contributed by atoms with E-state index in [1.54, 1.807) is 26.8 Å². The van der Waals surface area contributed by atoms with Gasteiger partial charge in [-0.2, -0.15) is 4.31 Å². The second kappa shape index (κ2) is 9.56. The summed E-state index contributed by atoms with van der Waals surface area (Å²) in [5.74, 6) is -2.04. The van der Waals surface area contributed by atoms with Gasteiger partial charge in [-0.25, -0.2) is 12.8 Å². The van der Waals surface area contributed by atoms with E-state index in [0.717, 1.165) is 5.56 Å². The summed E-state index contributed by atoms with van der Waals surface area (Å²) < 4.78 is 41.3. The van der Waals surface area contributed by atoms with Gasteiger partial charge < -0.3 is 10.2 Å². The number of carbonyl (C=O) groups is 2. The van der Waals surface area contributed by atoms with Gasteiger partial charge in [-0.05, 0) is 42.8 Å². The number of hydrogen-bond donors (Lipinski definition) is 1. The standard InChI is InChI=1S/C22H25ClFN3O4S/c1-4-26(5-2)32(30,31)20-12-16(7-8-17(20)23)25-22(29)15-11-21(28)27(13-15)19-9-6-14(3)10-18(19)24/h6-10,12,15H,4-5,11,13H2,1-3H3,(H,25,29). The summed E-state index contributed by atoms with van der Waals surface area (Å²) in [4.78, 5) is 26.4. The minimum absolute atomic E-state index is 0.0306. The molecule has 3 rings (SSSR count). The average molecular weight is 482 g/mol. The number of halogens is 2. The Labute approximate surface area is 192 Å². The Morgan fingerprint density at radius 1 is 1.22 bits per heavy atom. The topological polar surface area (TPSA) is 86.8 Å². The molecule has 10 heteroatoms. The van der Waals surface area contributed by atoms with Crippen LogP contribution in [0, 0.1) is 18.7 Å². The Hall–Kier alpha value is -2.49. The molecule has 0 spiro atoms. The normalized spacial score (nSPS) is 16.6. The van der Waals surface area contributed by atoms with Crippen molar-refractivity contribution in [1.82, 2.24) is 4.31 Å². The highest BCUT2D eigenvalue weighted by Gasteiger charge is 2.36. The molecule has 0 radical (unpaired) electrons. The number of carbonyl (C=O) groups excluding carboxylic acids is 2. The van der Waals surface area contributed by atoms with Gasteiger partial charge in [0, 0.05) is 31.7 Å². The highest BCUT2D eigenvalue weighted by molar-refractivity contribution is 7.89. The Bertz CT molecular complexity index is 1150. The lowest BCUT2D eigenvalue weighted by Gasteiger charge is -2.20. The van der Waals surface area contributed by atoms with Crippen LogP contribution in [0.5, 0.6) is 0 Å². The number of hydrogen-bond acceptors (Lipinski definition) is 4.